The average Bonchev–Trinajstić information content (AvgIpc) is 2.53. The van der Waals surface area contributed by atoms with Crippen LogP contribution in [-0.2, 0) is 0 Å². The fourth-order valence-corrected chi connectivity index (χ4v) is 1.95. The molecule has 20 heavy (non-hydrogen) atoms. The van der Waals surface area contributed by atoms with Crippen molar-refractivity contribution in [2.75, 3.05) is 6.54 Å². The fourth-order valence-electron chi connectivity index (χ4n) is 1.95. The number of benzene rings is 2. The van der Waals surface area contributed by atoms with Gasteiger partial charge in [0.1, 0.15) is 0 Å². The van der Waals surface area contributed by atoms with E-state index in [1.165, 1.54) is 11.1 Å². The van der Waals surface area contributed by atoms with Gasteiger partial charge in [-0.1, -0.05) is 67.1 Å². The summed E-state index contributed by atoms with van der Waals surface area (Å²) in [6.07, 6.45) is 3.05. The molecular formula is C18H19NO. The minimum absolute atomic E-state index is 0.0296. The number of hydrogen-bond acceptors (Lipinski definition) is 1. The predicted octanol–water partition coefficient (Wildman–Crippen LogP) is 3.91. The highest BCUT2D eigenvalue weighted by molar-refractivity contribution is 5.94. The summed E-state index contributed by atoms with van der Waals surface area (Å²) in [6, 6.07) is 19.4. The Bertz CT molecular complexity index is 573. The first-order valence-electron chi connectivity index (χ1n) is 6.87. The molecule has 2 aromatic carbocycles. The van der Waals surface area contributed by atoms with Crippen LogP contribution >= 0.6 is 0 Å². The van der Waals surface area contributed by atoms with Crippen molar-refractivity contribution >= 4 is 12.0 Å². The first kappa shape index (κ1) is 14.1. The number of amides is 1. The SMILES string of the molecule is CC/C(=C\c1ccccc1)CNC(=O)c1ccccc1. The molecule has 2 aromatic rings. The van der Waals surface area contributed by atoms with E-state index < -0.39 is 0 Å². The molecule has 0 aliphatic heterocycles. The van der Waals surface area contributed by atoms with Gasteiger partial charge in [-0.15, -0.1) is 0 Å². The second-order valence-corrected chi connectivity index (χ2v) is 4.62. The second kappa shape index (κ2) is 7.29. The molecule has 2 heteroatoms. The van der Waals surface area contributed by atoms with Gasteiger partial charge in [-0.3, -0.25) is 4.79 Å². The zero-order chi connectivity index (χ0) is 14.2. The maximum absolute atomic E-state index is 12.0. The van der Waals surface area contributed by atoms with Crippen LogP contribution in [0.1, 0.15) is 29.3 Å². The topological polar surface area (TPSA) is 29.1 Å². The standard InChI is InChI=1S/C18H19NO/c1-2-15(13-16-9-5-3-6-10-16)14-19-18(20)17-11-7-4-8-12-17/h3-13H,2,14H2,1H3,(H,19,20)/b15-13+. The molecule has 0 unspecified atom stereocenters. The van der Waals surface area contributed by atoms with Crippen molar-refractivity contribution in [3.8, 4) is 0 Å². The van der Waals surface area contributed by atoms with Gasteiger partial charge in [0.05, 0.1) is 0 Å². The minimum Gasteiger partial charge on any atom is -0.348 e. The first-order valence-corrected chi connectivity index (χ1v) is 6.87. The highest BCUT2D eigenvalue weighted by atomic mass is 16.1. The number of hydrogen-bond donors (Lipinski definition) is 1. The molecule has 0 heterocycles. The van der Waals surface area contributed by atoms with E-state index in [-0.39, 0.29) is 5.91 Å². The van der Waals surface area contributed by atoms with E-state index in [0.717, 1.165) is 6.42 Å². The van der Waals surface area contributed by atoms with E-state index in [0.29, 0.717) is 12.1 Å². The fraction of sp³-hybridized carbons (Fsp3) is 0.167. The molecule has 2 rings (SSSR count). The molecule has 2 nitrogen and oxygen atoms in total. The normalized spacial score (nSPS) is 11.2. The van der Waals surface area contributed by atoms with Crippen LogP contribution in [0.25, 0.3) is 6.08 Å². The molecule has 0 aliphatic carbocycles. The third kappa shape index (κ3) is 4.09. The highest BCUT2D eigenvalue weighted by Crippen LogP contribution is 2.09. The maximum atomic E-state index is 12.0. The summed E-state index contributed by atoms with van der Waals surface area (Å²) in [5.74, 6) is -0.0296. The Balaban J connectivity index is 1.98. The summed E-state index contributed by atoms with van der Waals surface area (Å²) in [7, 11) is 0. The van der Waals surface area contributed by atoms with Crippen molar-refractivity contribution in [3.05, 3.63) is 77.4 Å². The summed E-state index contributed by atoms with van der Waals surface area (Å²) < 4.78 is 0. The molecule has 0 atom stereocenters. The van der Waals surface area contributed by atoms with Gasteiger partial charge in [0.25, 0.3) is 5.91 Å². The van der Waals surface area contributed by atoms with E-state index in [1.807, 2.05) is 48.5 Å². The highest BCUT2D eigenvalue weighted by Gasteiger charge is 2.04. The molecule has 0 saturated carbocycles. The van der Waals surface area contributed by atoms with Gasteiger partial charge in [0.15, 0.2) is 0 Å². The van der Waals surface area contributed by atoms with Crippen LogP contribution in [0.4, 0.5) is 0 Å². The number of rotatable bonds is 5. The van der Waals surface area contributed by atoms with Crippen LogP contribution in [-0.4, -0.2) is 12.5 Å². The second-order valence-electron chi connectivity index (χ2n) is 4.62. The van der Waals surface area contributed by atoms with E-state index >= 15 is 0 Å². The number of carbonyl (C=O) groups is 1. The molecule has 0 saturated heterocycles. The van der Waals surface area contributed by atoms with Gasteiger partial charge < -0.3 is 5.32 Å². The lowest BCUT2D eigenvalue weighted by molar-refractivity contribution is 0.0957. The van der Waals surface area contributed by atoms with Gasteiger partial charge in [-0.25, -0.2) is 0 Å². The van der Waals surface area contributed by atoms with E-state index in [4.69, 9.17) is 0 Å². The Morgan fingerprint density at radius 3 is 2.20 bits per heavy atom. The van der Waals surface area contributed by atoms with E-state index in [9.17, 15) is 4.79 Å². The third-order valence-electron chi connectivity index (χ3n) is 3.14. The Morgan fingerprint density at radius 1 is 1.00 bits per heavy atom. The quantitative estimate of drug-likeness (QED) is 0.872. The zero-order valence-corrected chi connectivity index (χ0v) is 11.7. The van der Waals surface area contributed by atoms with Crippen molar-refractivity contribution < 1.29 is 4.79 Å². The van der Waals surface area contributed by atoms with Crippen molar-refractivity contribution in [3.63, 3.8) is 0 Å². The summed E-state index contributed by atoms with van der Waals surface area (Å²) in [6.45, 7) is 2.68. The lowest BCUT2D eigenvalue weighted by atomic mass is 10.1. The predicted molar refractivity (Wildman–Crippen MR) is 83.5 cm³/mol. The molecule has 0 aliphatic rings. The first-order chi connectivity index (χ1) is 9.79. The lowest BCUT2D eigenvalue weighted by Crippen LogP contribution is -2.25. The van der Waals surface area contributed by atoms with Crippen LogP contribution in [0.5, 0.6) is 0 Å². The third-order valence-corrected chi connectivity index (χ3v) is 3.14. The Kier molecular flexibility index (Phi) is 5.13. The minimum atomic E-state index is -0.0296. The Hall–Kier alpha value is -2.35. The Labute approximate surface area is 120 Å². The molecule has 1 amide bonds. The molecule has 0 aromatic heterocycles. The molecule has 0 fully saturated rings. The molecule has 0 radical (unpaired) electrons. The van der Waals surface area contributed by atoms with Gasteiger partial charge in [0.2, 0.25) is 0 Å². The van der Waals surface area contributed by atoms with Crippen LogP contribution in [0.3, 0.4) is 0 Å². The van der Waals surface area contributed by atoms with Crippen molar-refractivity contribution in [2.24, 2.45) is 0 Å². The Morgan fingerprint density at radius 2 is 1.60 bits per heavy atom. The zero-order valence-electron chi connectivity index (χ0n) is 11.7. The summed E-state index contributed by atoms with van der Waals surface area (Å²) in [5.41, 5.74) is 3.07. The van der Waals surface area contributed by atoms with Crippen molar-refractivity contribution in [1.29, 1.82) is 0 Å². The van der Waals surface area contributed by atoms with Crippen LogP contribution in [0.2, 0.25) is 0 Å². The van der Waals surface area contributed by atoms with Gasteiger partial charge >= 0.3 is 0 Å². The van der Waals surface area contributed by atoms with Crippen LogP contribution in [0.15, 0.2) is 66.2 Å². The van der Waals surface area contributed by atoms with Gasteiger partial charge in [-0.2, -0.15) is 0 Å². The maximum Gasteiger partial charge on any atom is 0.251 e. The van der Waals surface area contributed by atoms with Crippen LogP contribution in [0, 0.1) is 0 Å². The molecule has 102 valence electrons. The van der Waals surface area contributed by atoms with E-state index in [2.05, 4.69) is 30.4 Å². The molecule has 0 spiro atoms. The smallest absolute Gasteiger partial charge is 0.251 e. The molecule has 0 bridgehead atoms. The number of nitrogens with one attached hydrogen (secondary N) is 1. The van der Waals surface area contributed by atoms with E-state index in [1.54, 1.807) is 0 Å². The van der Waals surface area contributed by atoms with Gasteiger partial charge in [0, 0.05) is 12.1 Å². The average molecular weight is 265 g/mol. The monoisotopic (exact) mass is 265 g/mol. The molecular weight excluding hydrogens is 246 g/mol. The lowest BCUT2D eigenvalue weighted by Gasteiger charge is -2.08. The summed E-state index contributed by atoms with van der Waals surface area (Å²) in [4.78, 5) is 12.0. The largest absolute Gasteiger partial charge is 0.348 e. The number of carbonyl (C=O) groups excluding carboxylic acids is 1. The summed E-state index contributed by atoms with van der Waals surface area (Å²) >= 11 is 0. The van der Waals surface area contributed by atoms with Crippen LogP contribution < -0.4 is 5.32 Å². The van der Waals surface area contributed by atoms with Gasteiger partial charge in [-0.05, 0) is 24.1 Å². The molecule has 1 N–H and O–H groups in total. The van der Waals surface area contributed by atoms with Crippen molar-refractivity contribution in [2.45, 2.75) is 13.3 Å². The summed E-state index contributed by atoms with van der Waals surface area (Å²) in [5, 5.41) is 2.96. The van der Waals surface area contributed by atoms with Crippen molar-refractivity contribution in [1.82, 2.24) is 5.32 Å².